The molecule has 0 radical (unpaired) electrons. The van der Waals surface area contributed by atoms with Gasteiger partial charge in [-0.2, -0.15) is 0 Å². The van der Waals surface area contributed by atoms with Crippen LogP contribution < -0.4 is 10.1 Å². The maximum atomic E-state index is 12.3. The number of rotatable bonds is 5. The number of amides is 1. The van der Waals surface area contributed by atoms with Crippen molar-refractivity contribution < 1.29 is 14.3 Å². The van der Waals surface area contributed by atoms with Crippen LogP contribution >= 0.6 is 0 Å². The van der Waals surface area contributed by atoms with Crippen LogP contribution in [0.5, 0.6) is 5.75 Å². The van der Waals surface area contributed by atoms with Gasteiger partial charge in [-0.25, -0.2) is 4.79 Å². The Morgan fingerprint density at radius 3 is 2.28 bits per heavy atom. The van der Waals surface area contributed by atoms with E-state index in [0.717, 1.165) is 44.0 Å². The predicted molar refractivity (Wildman–Crippen MR) is 99.0 cm³/mol. The van der Waals surface area contributed by atoms with Gasteiger partial charge in [-0.1, -0.05) is 12.1 Å². The lowest BCUT2D eigenvalue weighted by Crippen LogP contribution is -2.48. The summed E-state index contributed by atoms with van der Waals surface area (Å²) in [5.74, 6) is 0.805. The van der Waals surface area contributed by atoms with E-state index >= 15 is 0 Å². The molecular formula is C19H31N3O3. The van der Waals surface area contributed by atoms with Crippen molar-refractivity contribution in [2.45, 2.75) is 32.4 Å². The first-order valence-electron chi connectivity index (χ1n) is 8.81. The highest BCUT2D eigenvalue weighted by molar-refractivity contribution is 5.68. The quantitative estimate of drug-likeness (QED) is 0.885. The number of nitrogens with zero attached hydrogens (tertiary/aromatic N) is 2. The molecule has 0 unspecified atom stereocenters. The van der Waals surface area contributed by atoms with E-state index in [1.54, 1.807) is 7.11 Å². The summed E-state index contributed by atoms with van der Waals surface area (Å²) in [6.45, 7) is 10.5. The zero-order valence-electron chi connectivity index (χ0n) is 16.0. The lowest BCUT2D eigenvalue weighted by Gasteiger charge is -2.35. The second-order valence-electron chi connectivity index (χ2n) is 7.58. The highest BCUT2D eigenvalue weighted by atomic mass is 16.6. The second kappa shape index (κ2) is 8.54. The summed E-state index contributed by atoms with van der Waals surface area (Å²) in [5, 5.41) is 3.03. The summed E-state index contributed by atoms with van der Waals surface area (Å²) < 4.78 is 10.7. The van der Waals surface area contributed by atoms with E-state index in [4.69, 9.17) is 9.47 Å². The zero-order valence-corrected chi connectivity index (χ0v) is 16.0. The van der Waals surface area contributed by atoms with Crippen LogP contribution in [0.25, 0.3) is 0 Å². The largest absolute Gasteiger partial charge is 0.497 e. The summed E-state index contributed by atoms with van der Waals surface area (Å²) in [7, 11) is 3.78. The van der Waals surface area contributed by atoms with Crippen molar-refractivity contribution in [2.24, 2.45) is 0 Å². The molecule has 1 amide bonds. The van der Waals surface area contributed by atoms with Crippen LogP contribution in [-0.2, 0) is 4.74 Å². The SMILES string of the molecule is COc1ccc([C@H](CN2CCN(C)CC2)NC(=O)OC(C)(C)C)cc1. The van der Waals surface area contributed by atoms with Gasteiger partial charge in [0.25, 0.3) is 0 Å². The molecule has 6 nitrogen and oxygen atoms in total. The molecule has 6 heteroatoms. The molecule has 1 aromatic carbocycles. The number of benzene rings is 1. The Bertz CT molecular complexity index is 546. The molecule has 1 aliphatic rings. The molecule has 0 spiro atoms. The monoisotopic (exact) mass is 349 g/mol. The van der Waals surface area contributed by atoms with E-state index in [0.29, 0.717) is 0 Å². The molecule has 0 bridgehead atoms. The molecule has 0 aromatic heterocycles. The van der Waals surface area contributed by atoms with Crippen LogP contribution in [0.2, 0.25) is 0 Å². The van der Waals surface area contributed by atoms with Gasteiger partial charge in [-0.15, -0.1) is 0 Å². The van der Waals surface area contributed by atoms with Crippen molar-refractivity contribution in [2.75, 3.05) is 46.9 Å². The van der Waals surface area contributed by atoms with Crippen LogP contribution in [-0.4, -0.2) is 68.4 Å². The first-order chi connectivity index (χ1) is 11.8. The molecule has 1 aromatic rings. The van der Waals surface area contributed by atoms with Crippen LogP contribution in [0.4, 0.5) is 4.79 Å². The van der Waals surface area contributed by atoms with E-state index in [9.17, 15) is 4.79 Å². The lowest BCUT2D eigenvalue weighted by atomic mass is 10.1. The van der Waals surface area contributed by atoms with Crippen molar-refractivity contribution in [1.82, 2.24) is 15.1 Å². The van der Waals surface area contributed by atoms with Gasteiger partial charge in [0.1, 0.15) is 11.4 Å². The van der Waals surface area contributed by atoms with Crippen LogP contribution in [0.15, 0.2) is 24.3 Å². The molecule has 1 saturated heterocycles. The van der Waals surface area contributed by atoms with E-state index in [1.807, 2.05) is 45.0 Å². The van der Waals surface area contributed by atoms with Gasteiger partial charge in [0.2, 0.25) is 0 Å². The van der Waals surface area contributed by atoms with Crippen molar-refractivity contribution in [1.29, 1.82) is 0 Å². The number of piperazine rings is 1. The summed E-state index contributed by atoms with van der Waals surface area (Å²) in [6.07, 6.45) is -0.387. The first-order valence-corrected chi connectivity index (χ1v) is 8.81. The number of hydrogen-bond donors (Lipinski definition) is 1. The fraction of sp³-hybridized carbons (Fsp3) is 0.632. The smallest absolute Gasteiger partial charge is 0.408 e. The minimum absolute atomic E-state index is 0.121. The van der Waals surface area contributed by atoms with Gasteiger partial charge in [-0.3, -0.25) is 4.90 Å². The maximum absolute atomic E-state index is 12.3. The van der Waals surface area contributed by atoms with E-state index < -0.39 is 5.60 Å². The number of carbonyl (C=O) groups excluding carboxylic acids is 1. The molecule has 0 saturated carbocycles. The lowest BCUT2D eigenvalue weighted by molar-refractivity contribution is 0.0481. The van der Waals surface area contributed by atoms with Gasteiger partial charge < -0.3 is 19.7 Å². The van der Waals surface area contributed by atoms with Crippen molar-refractivity contribution in [3.05, 3.63) is 29.8 Å². The third-order valence-electron chi connectivity index (χ3n) is 4.25. The Hall–Kier alpha value is -1.79. The van der Waals surface area contributed by atoms with Crippen molar-refractivity contribution in [3.63, 3.8) is 0 Å². The van der Waals surface area contributed by atoms with Crippen LogP contribution in [0.3, 0.4) is 0 Å². The molecule has 1 heterocycles. The Morgan fingerprint density at radius 2 is 1.76 bits per heavy atom. The molecule has 1 aliphatic heterocycles. The maximum Gasteiger partial charge on any atom is 0.408 e. The summed E-state index contributed by atoms with van der Waals surface area (Å²) in [6, 6.07) is 7.71. The standard InChI is InChI=1S/C19H31N3O3/c1-19(2,3)25-18(23)20-17(14-22-12-10-21(4)11-13-22)15-6-8-16(24-5)9-7-15/h6-9,17H,10-14H2,1-5H3,(H,20,23)/t17-/m0/s1. The summed E-state index contributed by atoms with van der Waals surface area (Å²) in [5.41, 5.74) is 0.535. The number of likely N-dealkylation sites (N-methyl/N-ethyl adjacent to an activating group) is 1. The molecule has 25 heavy (non-hydrogen) atoms. The number of alkyl carbamates (subject to hydrolysis) is 1. The number of nitrogens with one attached hydrogen (secondary N) is 1. The van der Waals surface area contributed by atoms with Gasteiger partial charge in [0, 0.05) is 32.7 Å². The first kappa shape index (κ1) is 19.5. The Labute approximate surface area is 151 Å². The molecular weight excluding hydrogens is 318 g/mol. The fourth-order valence-corrected chi connectivity index (χ4v) is 2.81. The normalized spacial score (nSPS) is 17.8. The minimum atomic E-state index is -0.512. The fourth-order valence-electron chi connectivity index (χ4n) is 2.81. The Morgan fingerprint density at radius 1 is 1.16 bits per heavy atom. The molecule has 2 rings (SSSR count). The van der Waals surface area contributed by atoms with Crippen LogP contribution in [0, 0.1) is 0 Å². The minimum Gasteiger partial charge on any atom is -0.497 e. The second-order valence-corrected chi connectivity index (χ2v) is 7.58. The third kappa shape index (κ3) is 6.55. The Balaban J connectivity index is 2.08. The molecule has 1 fully saturated rings. The average Bonchev–Trinajstić information content (AvgIpc) is 2.54. The Kier molecular flexibility index (Phi) is 6.67. The molecule has 140 valence electrons. The third-order valence-corrected chi connectivity index (χ3v) is 4.25. The predicted octanol–water partition coefficient (Wildman–Crippen LogP) is 2.51. The van der Waals surface area contributed by atoms with Crippen molar-refractivity contribution >= 4 is 6.09 Å². The molecule has 1 atom stereocenters. The van der Waals surface area contributed by atoms with E-state index in [-0.39, 0.29) is 12.1 Å². The van der Waals surface area contributed by atoms with E-state index in [2.05, 4.69) is 22.2 Å². The van der Waals surface area contributed by atoms with Gasteiger partial charge >= 0.3 is 6.09 Å². The topological polar surface area (TPSA) is 54.0 Å². The van der Waals surface area contributed by atoms with E-state index in [1.165, 1.54) is 0 Å². The van der Waals surface area contributed by atoms with Gasteiger partial charge in [-0.05, 0) is 45.5 Å². The number of carbonyl (C=O) groups is 1. The highest BCUT2D eigenvalue weighted by Gasteiger charge is 2.24. The van der Waals surface area contributed by atoms with Gasteiger partial charge in [0.05, 0.1) is 13.2 Å². The number of methoxy groups -OCH3 is 1. The van der Waals surface area contributed by atoms with Gasteiger partial charge in [0.15, 0.2) is 0 Å². The average molecular weight is 349 g/mol. The number of hydrogen-bond acceptors (Lipinski definition) is 5. The van der Waals surface area contributed by atoms with Crippen LogP contribution in [0.1, 0.15) is 32.4 Å². The zero-order chi connectivity index (χ0) is 18.4. The number of ether oxygens (including phenoxy) is 2. The molecule has 0 aliphatic carbocycles. The summed E-state index contributed by atoms with van der Waals surface area (Å²) >= 11 is 0. The highest BCUT2D eigenvalue weighted by Crippen LogP contribution is 2.20. The van der Waals surface area contributed by atoms with Crippen molar-refractivity contribution in [3.8, 4) is 5.75 Å². The summed E-state index contributed by atoms with van der Waals surface area (Å²) in [4.78, 5) is 17.0. The molecule has 1 N–H and O–H groups in total.